The van der Waals surface area contributed by atoms with Gasteiger partial charge < -0.3 is 5.32 Å². The second kappa shape index (κ2) is 5.88. The standard InChI is InChI=1S/C11H22N4/c1-5-12-6-10(2)14(3)8-11-7-13-15(4)9-11/h7,9-10,12H,5-6,8H2,1-4H3. The van der Waals surface area contributed by atoms with E-state index in [1.807, 2.05) is 17.9 Å². The summed E-state index contributed by atoms with van der Waals surface area (Å²) in [6.45, 7) is 7.39. The summed E-state index contributed by atoms with van der Waals surface area (Å²) in [6, 6.07) is 0.546. The lowest BCUT2D eigenvalue weighted by Crippen LogP contribution is -2.37. The molecule has 0 bridgehead atoms. The molecule has 1 heterocycles. The molecule has 0 aliphatic heterocycles. The lowest BCUT2D eigenvalue weighted by Gasteiger charge is -2.24. The summed E-state index contributed by atoms with van der Waals surface area (Å²) in [6.07, 6.45) is 3.99. The number of nitrogens with zero attached hydrogens (tertiary/aromatic N) is 3. The Kier molecular flexibility index (Phi) is 4.78. The van der Waals surface area contributed by atoms with Crippen molar-refractivity contribution in [3.8, 4) is 0 Å². The number of hydrogen-bond acceptors (Lipinski definition) is 3. The van der Waals surface area contributed by atoms with E-state index in [2.05, 4.69) is 42.4 Å². The highest BCUT2D eigenvalue weighted by atomic mass is 15.2. The largest absolute Gasteiger partial charge is 0.315 e. The molecule has 0 saturated carbocycles. The zero-order chi connectivity index (χ0) is 11.3. The molecule has 1 aromatic rings. The van der Waals surface area contributed by atoms with Crippen LogP contribution in [0.1, 0.15) is 19.4 Å². The van der Waals surface area contributed by atoms with Crippen molar-refractivity contribution in [2.45, 2.75) is 26.4 Å². The summed E-state index contributed by atoms with van der Waals surface area (Å²) in [5.41, 5.74) is 1.27. The van der Waals surface area contributed by atoms with Crippen LogP contribution in [0.15, 0.2) is 12.4 Å². The van der Waals surface area contributed by atoms with Crippen LogP contribution in [-0.4, -0.2) is 40.9 Å². The minimum absolute atomic E-state index is 0.546. The van der Waals surface area contributed by atoms with E-state index in [4.69, 9.17) is 0 Å². The van der Waals surface area contributed by atoms with Crippen molar-refractivity contribution >= 4 is 0 Å². The van der Waals surface area contributed by atoms with Crippen LogP contribution >= 0.6 is 0 Å². The van der Waals surface area contributed by atoms with Crippen molar-refractivity contribution in [3.63, 3.8) is 0 Å². The molecule has 4 heteroatoms. The Morgan fingerprint density at radius 2 is 2.33 bits per heavy atom. The fraction of sp³-hybridized carbons (Fsp3) is 0.727. The van der Waals surface area contributed by atoms with Crippen molar-refractivity contribution < 1.29 is 0 Å². The highest BCUT2D eigenvalue weighted by molar-refractivity contribution is 5.03. The summed E-state index contributed by atoms with van der Waals surface area (Å²) in [5.74, 6) is 0. The SMILES string of the molecule is CCNCC(C)N(C)Cc1cnn(C)c1. The maximum Gasteiger partial charge on any atom is 0.0534 e. The van der Waals surface area contributed by atoms with Crippen molar-refractivity contribution in [3.05, 3.63) is 18.0 Å². The van der Waals surface area contributed by atoms with E-state index in [9.17, 15) is 0 Å². The summed E-state index contributed by atoms with van der Waals surface area (Å²) in [5, 5.41) is 7.52. The van der Waals surface area contributed by atoms with Crippen LogP contribution < -0.4 is 5.32 Å². The Bertz CT molecular complexity index is 282. The minimum Gasteiger partial charge on any atom is -0.315 e. The maximum absolute atomic E-state index is 4.17. The van der Waals surface area contributed by atoms with Gasteiger partial charge in [0.05, 0.1) is 6.20 Å². The Morgan fingerprint density at radius 3 is 2.87 bits per heavy atom. The number of likely N-dealkylation sites (N-methyl/N-ethyl adjacent to an activating group) is 2. The zero-order valence-electron chi connectivity index (χ0n) is 10.2. The number of aromatic nitrogens is 2. The van der Waals surface area contributed by atoms with E-state index >= 15 is 0 Å². The Balaban J connectivity index is 2.37. The topological polar surface area (TPSA) is 33.1 Å². The number of hydrogen-bond donors (Lipinski definition) is 1. The number of aryl methyl sites for hydroxylation is 1. The predicted octanol–water partition coefficient (Wildman–Crippen LogP) is 0.850. The second-order valence-electron chi connectivity index (χ2n) is 4.09. The van der Waals surface area contributed by atoms with Crippen LogP contribution in [0.5, 0.6) is 0 Å². The van der Waals surface area contributed by atoms with Gasteiger partial charge in [0.25, 0.3) is 0 Å². The molecule has 4 nitrogen and oxygen atoms in total. The molecule has 0 aromatic carbocycles. The van der Waals surface area contributed by atoms with Gasteiger partial charge in [-0.3, -0.25) is 9.58 Å². The lowest BCUT2D eigenvalue weighted by molar-refractivity contribution is 0.244. The summed E-state index contributed by atoms with van der Waals surface area (Å²) >= 11 is 0. The first kappa shape index (κ1) is 12.2. The van der Waals surface area contributed by atoms with Gasteiger partial charge in [-0.05, 0) is 20.5 Å². The van der Waals surface area contributed by atoms with Gasteiger partial charge in [-0.15, -0.1) is 0 Å². The fourth-order valence-electron chi connectivity index (χ4n) is 1.51. The molecule has 1 rings (SSSR count). The summed E-state index contributed by atoms with van der Waals surface area (Å²) < 4.78 is 1.85. The molecule has 0 aliphatic rings. The van der Waals surface area contributed by atoms with Gasteiger partial charge in [-0.1, -0.05) is 6.92 Å². The minimum atomic E-state index is 0.546. The van der Waals surface area contributed by atoms with Gasteiger partial charge in [0.2, 0.25) is 0 Å². The molecule has 0 saturated heterocycles. The molecule has 86 valence electrons. The summed E-state index contributed by atoms with van der Waals surface area (Å²) in [7, 11) is 4.10. The quantitative estimate of drug-likeness (QED) is 0.755. The van der Waals surface area contributed by atoms with Gasteiger partial charge in [0.1, 0.15) is 0 Å². The van der Waals surface area contributed by atoms with E-state index < -0.39 is 0 Å². The Labute approximate surface area is 92.3 Å². The molecule has 0 spiro atoms. The van der Waals surface area contributed by atoms with Crippen LogP contribution in [0.2, 0.25) is 0 Å². The van der Waals surface area contributed by atoms with Crippen molar-refractivity contribution in [2.24, 2.45) is 7.05 Å². The molecule has 0 amide bonds. The zero-order valence-corrected chi connectivity index (χ0v) is 10.2. The van der Waals surface area contributed by atoms with E-state index in [-0.39, 0.29) is 0 Å². The molecule has 15 heavy (non-hydrogen) atoms. The maximum atomic E-state index is 4.17. The molecule has 1 unspecified atom stereocenters. The molecule has 0 radical (unpaired) electrons. The van der Waals surface area contributed by atoms with E-state index in [1.54, 1.807) is 0 Å². The predicted molar refractivity (Wildman–Crippen MR) is 62.7 cm³/mol. The Morgan fingerprint density at radius 1 is 1.60 bits per heavy atom. The normalized spacial score (nSPS) is 13.4. The molecular weight excluding hydrogens is 188 g/mol. The van der Waals surface area contributed by atoms with E-state index in [0.29, 0.717) is 6.04 Å². The van der Waals surface area contributed by atoms with Gasteiger partial charge in [-0.2, -0.15) is 5.10 Å². The number of nitrogens with one attached hydrogen (secondary N) is 1. The molecule has 1 atom stereocenters. The molecule has 0 fully saturated rings. The van der Waals surface area contributed by atoms with Gasteiger partial charge in [0.15, 0.2) is 0 Å². The first-order valence-electron chi connectivity index (χ1n) is 5.52. The third-order valence-electron chi connectivity index (χ3n) is 2.63. The highest BCUT2D eigenvalue weighted by Gasteiger charge is 2.09. The lowest BCUT2D eigenvalue weighted by atomic mass is 10.2. The molecule has 0 aliphatic carbocycles. The van der Waals surface area contributed by atoms with Crippen LogP contribution in [0, 0.1) is 0 Å². The van der Waals surface area contributed by atoms with Crippen molar-refractivity contribution in [1.82, 2.24) is 20.0 Å². The smallest absolute Gasteiger partial charge is 0.0534 e. The van der Waals surface area contributed by atoms with Gasteiger partial charge in [-0.25, -0.2) is 0 Å². The second-order valence-corrected chi connectivity index (χ2v) is 4.09. The molecule has 1 aromatic heterocycles. The van der Waals surface area contributed by atoms with E-state index in [0.717, 1.165) is 19.6 Å². The molecule has 1 N–H and O–H groups in total. The number of rotatable bonds is 6. The average Bonchev–Trinajstić information content (AvgIpc) is 2.60. The van der Waals surface area contributed by atoms with Crippen LogP contribution in [0.3, 0.4) is 0 Å². The van der Waals surface area contributed by atoms with Crippen LogP contribution in [0.4, 0.5) is 0 Å². The van der Waals surface area contributed by atoms with Crippen LogP contribution in [0.25, 0.3) is 0 Å². The van der Waals surface area contributed by atoms with Crippen molar-refractivity contribution in [1.29, 1.82) is 0 Å². The first-order valence-corrected chi connectivity index (χ1v) is 5.52. The highest BCUT2D eigenvalue weighted by Crippen LogP contribution is 2.04. The Hall–Kier alpha value is -0.870. The van der Waals surface area contributed by atoms with Gasteiger partial charge in [0, 0.05) is 37.9 Å². The average molecular weight is 210 g/mol. The third kappa shape index (κ3) is 4.01. The monoisotopic (exact) mass is 210 g/mol. The molecular formula is C11H22N4. The first-order chi connectivity index (χ1) is 7.13. The third-order valence-corrected chi connectivity index (χ3v) is 2.63. The van der Waals surface area contributed by atoms with Crippen LogP contribution in [-0.2, 0) is 13.6 Å². The summed E-state index contributed by atoms with van der Waals surface area (Å²) in [4.78, 5) is 2.33. The van der Waals surface area contributed by atoms with E-state index in [1.165, 1.54) is 5.56 Å². The fourth-order valence-corrected chi connectivity index (χ4v) is 1.51. The van der Waals surface area contributed by atoms with Crippen molar-refractivity contribution in [2.75, 3.05) is 20.1 Å². The van der Waals surface area contributed by atoms with Gasteiger partial charge >= 0.3 is 0 Å².